The maximum atomic E-state index is 13.7. The first-order valence-corrected chi connectivity index (χ1v) is 8.64. The van der Waals surface area contributed by atoms with Crippen LogP contribution in [-0.4, -0.2) is 24.0 Å². The number of nitrogens with one attached hydrogen (secondary N) is 1. The summed E-state index contributed by atoms with van der Waals surface area (Å²) < 4.78 is 24.8. The molecule has 3 aromatic rings. The predicted molar refractivity (Wildman–Crippen MR) is 96.3 cm³/mol. The van der Waals surface area contributed by atoms with Gasteiger partial charge in [0.2, 0.25) is 0 Å². The largest absolute Gasteiger partial charge is 0.486 e. The van der Waals surface area contributed by atoms with Crippen LogP contribution in [0.2, 0.25) is 0 Å². The molecule has 4 nitrogen and oxygen atoms in total. The van der Waals surface area contributed by atoms with Gasteiger partial charge in [0.25, 0.3) is 0 Å². The van der Waals surface area contributed by atoms with E-state index in [4.69, 9.17) is 9.47 Å². The number of fused-ring (bicyclic) bond motifs is 4. The highest BCUT2D eigenvalue weighted by atomic mass is 19.1. The molecule has 2 aliphatic rings. The fraction of sp³-hybridized carbons (Fsp3) is 0.190. The monoisotopic (exact) mass is 349 g/mol. The first-order valence-electron chi connectivity index (χ1n) is 8.64. The fourth-order valence-electron chi connectivity index (χ4n) is 3.69. The van der Waals surface area contributed by atoms with Gasteiger partial charge in [-0.05, 0) is 54.8 Å². The molecule has 1 aliphatic carbocycles. The molecule has 0 saturated carbocycles. The Morgan fingerprint density at radius 2 is 1.85 bits per heavy atom. The van der Waals surface area contributed by atoms with Gasteiger partial charge >= 0.3 is 0 Å². The van der Waals surface area contributed by atoms with Gasteiger partial charge in [-0.15, -0.1) is 0 Å². The number of hydrogen-bond donors (Lipinski definition) is 1. The van der Waals surface area contributed by atoms with Crippen LogP contribution in [0.4, 0.5) is 4.39 Å². The summed E-state index contributed by atoms with van der Waals surface area (Å²) in [5.74, 6) is 1.04. The summed E-state index contributed by atoms with van der Waals surface area (Å²) in [5.41, 5.74) is 3.89. The van der Waals surface area contributed by atoms with E-state index in [2.05, 4.69) is 4.98 Å². The third-order valence-electron chi connectivity index (χ3n) is 4.91. The van der Waals surface area contributed by atoms with Crippen molar-refractivity contribution in [2.75, 3.05) is 13.2 Å². The summed E-state index contributed by atoms with van der Waals surface area (Å²) in [6.45, 7) is 1.07. The molecule has 1 aliphatic heterocycles. The van der Waals surface area contributed by atoms with E-state index in [0.717, 1.165) is 34.5 Å². The van der Waals surface area contributed by atoms with E-state index < -0.39 is 0 Å². The molecule has 0 radical (unpaired) electrons. The predicted octanol–water partition coefficient (Wildman–Crippen LogP) is 4.29. The van der Waals surface area contributed by atoms with E-state index in [9.17, 15) is 9.18 Å². The van der Waals surface area contributed by atoms with Gasteiger partial charge in [-0.1, -0.05) is 6.07 Å². The van der Waals surface area contributed by atoms with E-state index in [1.54, 1.807) is 6.07 Å². The minimum atomic E-state index is -0.338. The lowest BCUT2D eigenvalue weighted by Crippen LogP contribution is -2.15. The molecule has 1 aromatic heterocycles. The average molecular weight is 349 g/mol. The number of aromatic nitrogens is 1. The topological polar surface area (TPSA) is 51.3 Å². The highest BCUT2D eigenvalue weighted by molar-refractivity contribution is 6.19. The lowest BCUT2D eigenvalue weighted by atomic mass is 9.88. The molecular formula is C21H16FNO3. The van der Waals surface area contributed by atoms with Gasteiger partial charge in [0, 0.05) is 22.2 Å². The third kappa shape index (κ3) is 2.39. The standard InChI is InChI=1S/C21H16FNO3/c22-14-3-5-16-15(11-14)20-17(23-16)4-2-13(21(20)24)9-12-1-6-18-19(10-12)26-8-7-25-18/h1,3,5-6,9-11,23H,2,4,7-8H2/b13-9+. The van der Waals surface area contributed by atoms with Gasteiger partial charge in [-0.25, -0.2) is 4.39 Å². The number of ketones is 1. The average Bonchev–Trinajstić information content (AvgIpc) is 3.02. The van der Waals surface area contributed by atoms with Crippen LogP contribution in [0.3, 0.4) is 0 Å². The van der Waals surface area contributed by atoms with Crippen LogP contribution in [0.5, 0.6) is 11.5 Å². The van der Waals surface area contributed by atoms with Crippen molar-refractivity contribution in [2.24, 2.45) is 0 Å². The Hall–Kier alpha value is -3.08. The van der Waals surface area contributed by atoms with Crippen molar-refractivity contribution in [1.82, 2.24) is 4.98 Å². The highest BCUT2D eigenvalue weighted by Crippen LogP contribution is 2.35. The van der Waals surface area contributed by atoms with Gasteiger partial charge < -0.3 is 14.5 Å². The molecule has 0 amide bonds. The van der Waals surface area contributed by atoms with Gasteiger partial charge in [0.1, 0.15) is 19.0 Å². The van der Waals surface area contributed by atoms with Crippen LogP contribution in [0.25, 0.3) is 17.0 Å². The number of carbonyl (C=O) groups is 1. The number of H-pyrrole nitrogens is 1. The molecule has 26 heavy (non-hydrogen) atoms. The molecule has 5 heteroatoms. The van der Waals surface area contributed by atoms with Crippen molar-refractivity contribution in [2.45, 2.75) is 12.8 Å². The molecule has 1 N–H and O–H groups in total. The molecule has 0 spiro atoms. The zero-order chi connectivity index (χ0) is 17.7. The molecule has 0 bridgehead atoms. The van der Waals surface area contributed by atoms with E-state index >= 15 is 0 Å². The van der Waals surface area contributed by atoms with Crippen molar-refractivity contribution in [3.63, 3.8) is 0 Å². The highest BCUT2D eigenvalue weighted by Gasteiger charge is 2.26. The summed E-state index contributed by atoms with van der Waals surface area (Å²) in [6, 6.07) is 10.2. The van der Waals surface area contributed by atoms with Crippen molar-refractivity contribution >= 4 is 22.8 Å². The minimum Gasteiger partial charge on any atom is -0.486 e. The lowest BCUT2D eigenvalue weighted by molar-refractivity contribution is 0.102. The molecule has 130 valence electrons. The van der Waals surface area contributed by atoms with Crippen molar-refractivity contribution < 1.29 is 18.7 Å². The molecular weight excluding hydrogens is 333 g/mol. The molecule has 0 unspecified atom stereocenters. The zero-order valence-corrected chi connectivity index (χ0v) is 14.0. The van der Waals surface area contributed by atoms with Gasteiger partial charge in [-0.2, -0.15) is 0 Å². The molecule has 0 saturated heterocycles. The number of carbonyl (C=O) groups excluding carboxylic acids is 1. The maximum Gasteiger partial charge on any atom is 0.191 e. The van der Waals surface area contributed by atoms with E-state index in [1.807, 2.05) is 24.3 Å². The number of benzene rings is 2. The minimum absolute atomic E-state index is 0.0435. The fourth-order valence-corrected chi connectivity index (χ4v) is 3.69. The van der Waals surface area contributed by atoms with Crippen molar-refractivity contribution in [1.29, 1.82) is 0 Å². The van der Waals surface area contributed by atoms with Crippen LogP contribution in [0.15, 0.2) is 42.0 Å². The first-order chi connectivity index (χ1) is 12.7. The Kier molecular flexibility index (Phi) is 3.35. The molecule has 0 atom stereocenters. The van der Waals surface area contributed by atoms with Crippen LogP contribution in [-0.2, 0) is 6.42 Å². The second-order valence-corrected chi connectivity index (χ2v) is 6.57. The Morgan fingerprint density at radius 3 is 2.73 bits per heavy atom. The van der Waals surface area contributed by atoms with Crippen LogP contribution >= 0.6 is 0 Å². The Balaban J connectivity index is 1.56. The summed E-state index contributed by atoms with van der Waals surface area (Å²) in [4.78, 5) is 16.3. The Labute approximate surface area is 149 Å². The normalized spacial score (nSPS) is 17.6. The number of rotatable bonds is 1. The number of hydrogen-bond acceptors (Lipinski definition) is 3. The molecule has 0 fully saturated rings. The second kappa shape index (κ2) is 5.73. The van der Waals surface area contributed by atoms with Crippen LogP contribution in [0, 0.1) is 5.82 Å². The molecule has 2 aromatic carbocycles. The number of halogens is 1. The van der Waals surface area contributed by atoms with Gasteiger partial charge in [0.15, 0.2) is 17.3 Å². The molecule has 2 heterocycles. The summed E-state index contributed by atoms with van der Waals surface area (Å²) in [7, 11) is 0. The smallest absolute Gasteiger partial charge is 0.191 e. The number of Topliss-reactive ketones (excluding diaryl/α,β-unsaturated/α-hetero) is 1. The maximum absolute atomic E-state index is 13.7. The van der Waals surface area contributed by atoms with Crippen LogP contribution < -0.4 is 9.47 Å². The summed E-state index contributed by atoms with van der Waals surface area (Å²) in [6.07, 6.45) is 3.27. The van der Waals surface area contributed by atoms with E-state index in [0.29, 0.717) is 36.3 Å². The number of ether oxygens (including phenoxy) is 2. The van der Waals surface area contributed by atoms with Crippen molar-refractivity contribution in [3.8, 4) is 11.5 Å². The quantitative estimate of drug-likeness (QED) is 0.667. The van der Waals surface area contributed by atoms with Crippen molar-refractivity contribution in [3.05, 3.63) is 64.6 Å². The lowest BCUT2D eigenvalue weighted by Gasteiger charge is -2.19. The Morgan fingerprint density at radius 1 is 1.00 bits per heavy atom. The van der Waals surface area contributed by atoms with E-state index in [-0.39, 0.29) is 11.6 Å². The Bertz CT molecular complexity index is 1080. The summed E-state index contributed by atoms with van der Waals surface area (Å²) in [5, 5.41) is 0.651. The third-order valence-corrected chi connectivity index (χ3v) is 4.91. The number of aryl methyl sites for hydroxylation is 1. The zero-order valence-electron chi connectivity index (χ0n) is 14.0. The summed E-state index contributed by atoms with van der Waals surface area (Å²) >= 11 is 0. The van der Waals surface area contributed by atoms with Crippen LogP contribution in [0.1, 0.15) is 28.0 Å². The number of aromatic amines is 1. The first kappa shape index (κ1) is 15.2. The van der Waals surface area contributed by atoms with E-state index in [1.165, 1.54) is 12.1 Å². The van der Waals surface area contributed by atoms with Gasteiger partial charge in [-0.3, -0.25) is 4.79 Å². The van der Waals surface area contributed by atoms with Gasteiger partial charge in [0.05, 0.1) is 5.56 Å². The number of allylic oxidation sites excluding steroid dienone is 1. The molecule has 5 rings (SSSR count). The second-order valence-electron chi connectivity index (χ2n) is 6.57. The SMILES string of the molecule is O=C1/C(=C/c2ccc3c(c2)OCCO3)CCc2[nH]c3ccc(F)cc3c21.